The molecule has 1 saturated carbocycles. The monoisotopic (exact) mass is 208 g/mol. The normalized spacial score (nSPS) is 27.8. The fourth-order valence-electron chi connectivity index (χ4n) is 1.61. The van der Waals surface area contributed by atoms with Gasteiger partial charge in [0.15, 0.2) is 5.66 Å². The summed E-state index contributed by atoms with van der Waals surface area (Å²) in [4.78, 5) is 0. The zero-order valence-corrected chi connectivity index (χ0v) is 7.98. The number of hydrogen-bond donors (Lipinski definition) is 0. The van der Waals surface area contributed by atoms with E-state index in [9.17, 15) is 8.42 Å². The van der Waals surface area contributed by atoms with Crippen molar-refractivity contribution in [2.45, 2.75) is 36.6 Å². The van der Waals surface area contributed by atoms with Crippen molar-refractivity contribution >= 4 is 19.7 Å². The molecule has 6 heteroatoms. The maximum atomic E-state index is 10.9. The fraction of sp³-hybridized carbons (Fsp3) is 1.00. The summed E-state index contributed by atoms with van der Waals surface area (Å²) < 4.78 is 21.8. The molecule has 1 heterocycles. The first kappa shape index (κ1) is 8.44. The van der Waals surface area contributed by atoms with Crippen molar-refractivity contribution in [1.29, 1.82) is 0 Å². The van der Waals surface area contributed by atoms with Crippen molar-refractivity contribution in [3.8, 4) is 0 Å². The van der Waals surface area contributed by atoms with Crippen LogP contribution in [0.25, 0.3) is 0 Å². The van der Waals surface area contributed by atoms with Gasteiger partial charge in [0, 0.05) is 10.7 Å². The summed E-state index contributed by atoms with van der Waals surface area (Å²) in [7, 11) is 1.88. The van der Waals surface area contributed by atoms with E-state index < -0.39 is 9.05 Å². The van der Waals surface area contributed by atoms with Gasteiger partial charge in [0.1, 0.15) is 0 Å². The van der Waals surface area contributed by atoms with Crippen molar-refractivity contribution in [2.24, 2.45) is 10.2 Å². The quantitative estimate of drug-likeness (QED) is 0.616. The van der Waals surface area contributed by atoms with Crippen molar-refractivity contribution in [3.63, 3.8) is 0 Å². The van der Waals surface area contributed by atoms with Gasteiger partial charge in [-0.25, -0.2) is 8.42 Å². The lowest BCUT2D eigenvalue weighted by atomic mass is 9.92. The molecule has 2 aliphatic rings. The molecule has 0 amide bonds. The molecule has 68 valence electrons. The lowest BCUT2D eigenvalue weighted by molar-refractivity contribution is 0.395. The minimum absolute atomic E-state index is 0.196. The first-order valence-electron chi connectivity index (χ1n) is 3.89. The Morgan fingerprint density at radius 2 is 1.75 bits per heavy atom. The van der Waals surface area contributed by atoms with Crippen LogP contribution in [0.4, 0.5) is 0 Å². The van der Waals surface area contributed by atoms with Crippen LogP contribution in [-0.4, -0.2) is 19.3 Å². The van der Waals surface area contributed by atoms with E-state index in [0.29, 0.717) is 12.8 Å². The highest BCUT2D eigenvalue weighted by Gasteiger charge is 2.45. The summed E-state index contributed by atoms with van der Waals surface area (Å²) in [5.41, 5.74) is -0.196. The molecule has 0 aromatic rings. The molecule has 0 aromatic carbocycles. The average molecular weight is 209 g/mol. The Hall–Kier alpha value is -0.160. The first-order chi connectivity index (χ1) is 5.52. The van der Waals surface area contributed by atoms with E-state index in [4.69, 9.17) is 10.7 Å². The van der Waals surface area contributed by atoms with E-state index in [1.165, 1.54) is 0 Å². The van der Waals surface area contributed by atoms with Crippen LogP contribution in [-0.2, 0) is 9.05 Å². The smallest absolute Gasteiger partial charge is 0.212 e. The van der Waals surface area contributed by atoms with Gasteiger partial charge in [0.25, 0.3) is 0 Å². The zero-order chi connectivity index (χ0) is 8.82. The minimum atomic E-state index is -3.36. The Kier molecular flexibility index (Phi) is 1.70. The van der Waals surface area contributed by atoms with E-state index in [1.807, 2.05) is 0 Å². The standard InChI is InChI=1S/C6H9ClN2O2S/c7-12(10,11)5-1-3-6(4-2-5)8-9-6/h5H,1-4H2. The third-order valence-corrected chi connectivity index (χ3v) is 4.54. The van der Waals surface area contributed by atoms with Gasteiger partial charge < -0.3 is 0 Å². The van der Waals surface area contributed by atoms with Crippen molar-refractivity contribution < 1.29 is 8.42 Å². The minimum Gasteiger partial charge on any atom is -0.212 e. The Labute approximate surface area is 75.4 Å². The SMILES string of the molecule is O=S(=O)(Cl)C1CCC2(CC1)N=N2. The summed E-state index contributed by atoms with van der Waals surface area (Å²) in [6.07, 6.45) is 2.67. The van der Waals surface area contributed by atoms with Gasteiger partial charge in [-0.3, -0.25) is 0 Å². The Morgan fingerprint density at radius 3 is 2.08 bits per heavy atom. The van der Waals surface area contributed by atoms with Crippen molar-refractivity contribution in [2.75, 3.05) is 0 Å². The molecule has 1 spiro atoms. The van der Waals surface area contributed by atoms with Gasteiger partial charge in [-0.05, 0) is 25.7 Å². The molecular formula is C6H9ClN2O2S. The third kappa shape index (κ3) is 1.47. The van der Waals surface area contributed by atoms with E-state index in [0.717, 1.165) is 12.8 Å². The molecule has 0 aromatic heterocycles. The third-order valence-electron chi connectivity index (χ3n) is 2.51. The highest BCUT2D eigenvalue weighted by atomic mass is 35.7. The molecule has 1 aliphatic heterocycles. The number of hydrogen-bond acceptors (Lipinski definition) is 4. The topological polar surface area (TPSA) is 58.9 Å². The zero-order valence-electron chi connectivity index (χ0n) is 6.40. The Bertz CT molecular complexity index is 308. The highest BCUT2D eigenvalue weighted by molar-refractivity contribution is 8.14. The molecule has 0 atom stereocenters. The molecule has 4 nitrogen and oxygen atoms in total. The molecule has 0 unspecified atom stereocenters. The molecule has 0 radical (unpaired) electrons. The van der Waals surface area contributed by atoms with Crippen LogP contribution in [0.5, 0.6) is 0 Å². The van der Waals surface area contributed by atoms with Crippen LogP contribution in [0.15, 0.2) is 10.2 Å². The molecule has 0 bridgehead atoms. The predicted molar refractivity (Wildman–Crippen MR) is 44.6 cm³/mol. The van der Waals surface area contributed by atoms with Gasteiger partial charge in [0.2, 0.25) is 9.05 Å². The molecule has 1 aliphatic carbocycles. The summed E-state index contributed by atoms with van der Waals surface area (Å²) in [6, 6.07) is 0. The summed E-state index contributed by atoms with van der Waals surface area (Å²) in [5, 5.41) is 7.41. The van der Waals surface area contributed by atoms with E-state index >= 15 is 0 Å². The predicted octanol–water partition coefficient (Wildman–Crippen LogP) is 1.66. The van der Waals surface area contributed by atoms with Crippen LogP contribution in [0.2, 0.25) is 0 Å². The van der Waals surface area contributed by atoms with Gasteiger partial charge >= 0.3 is 0 Å². The lowest BCUT2D eigenvalue weighted by Gasteiger charge is -2.22. The lowest BCUT2D eigenvalue weighted by Crippen LogP contribution is -2.28. The first-order valence-corrected chi connectivity index (χ1v) is 6.27. The highest BCUT2D eigenvalue weighted by Crippen LogP contribution is 2.44. The van der Waals surface area contributed by atoms with Crippen molar-refractivity contribution in [3.05, 3.63) is 0 Å². The van der Waals surface area contributed by atoms with E-state index in [2.05, 4.69) is 10.2 Å². The van der Waals surface area contributed by atoms with Crippen LogP contribution in [0, 0.1) is 0 Å². The van der Waals surface area contributed by atoms with Crippen LogP contribution >= 0.6 is 10.7 Å². The van der Waals surface area contributed by atoms with Gasteiger partial charge in [0.05, 0.1) is 5.25 Å². The van der Waals surface area contributed by atoms with Crippen LogP contribution in [0.3, 0.4) is 0 Å². The maximum absolute atomic E-state index is 10.9. The number of rotatable bonds is 1. The van der Waals surface area contributed by atoms with Crippen LogP contribution < -0.4 is 0 Å². The number of nitrogens with zero attached hydrogens (tertiary/aromatic N) is 2. The van der Waals surface area contributed by atoms with E-state index in [-0.39, 0.29) is 10.9 Å². The Morgan fingerprint density at radius 1 is 1.25 bits per heavy atom. The Balaban J connectivity index is 1.99. The summed E-state index contributed by atoms with van der Waals surface area (Å²) in [6.45, 7) is 0. The van der Waals surface area contributed by atoms with Gasteiger partial charge in [-0.15, -0.1) is 0 Å². The molecule has 12 heavy (non-hydrogen) atoms. The second-order valence-corrected chi connectivity index (χ2v) is 6.27. The molecule has 0 N–H and O–H groups in total. The molecule has 1 fully saturated rings. The number of halogens is 1. The summed E-state index contributed by atoms with van der Waals surface area (Å²) >= 11 is 0. The fourth-order valence-corrected chi connectivity index (χ4v) is 2.94. The second kappa shape index (κ2) is 2.42. The largest absolute Gasteiger partial charge is 0.235 e. The second-order valence-electron chi connectivity index (χ2n) is 3.36. The van der Waals surface area contributed by atoms with E-state index in [1.54, 1.807) is 0 Å². The molecular weight excluding hydrogens is 200 g/mol. The van der Waals surface area contributed by atoms with Gasteiger partial charge in [-0.2, -0.15) is 10.2 Å². The maximum Gasteiger partial charge on any atom is 0.235 e. The van der Waals surface area contributed by atoms with Gasteiger partial charge in [-0.1, -0.05) is 0 Å². The van der Waals surface area contributed by atoms with Crippen LogP contribution in [0.1, 0.15) is 25.7 Å². The van der Waals surface area contributed by atoms with Crippen molar-refractivity contribution in [1.82, 2.24) is 0 Å². The molecule has 2 rings (SSSR count). The average Bonchev–Trinajstić information content (AvgIpc) is 2.68. The molecule has 0 saturated heterocycles. The summed E-state index contributed by atoms with van der Waals surface area (Å²) in [5.74, 6) is 0.